The minimum Gasteiger partial charge on any atom is -0.324 e. The van der Waals surface area contributed by atoms with Gasteiger partial charge in [-0.05, 0) is 24.3 Å². The van der Waals surface area contributed by atoms with Gasteiger partial charge < -0.3 is 5.32 Å². The monoisotopic (exact) mass is 215 g/mol. The standard InChI is InChI=1S/C11H9N3O2/c15-11(7-13-16)14-9-3-4-10-8(6-9)2-1-5-12-10/h1-6H,7H2,(H,14,15). The molecule has 0 spiro atoms. The first-order valence-electron chi connectivity index (χ1n) is 4.73. The smallest absolute Gasteiger partial charge is 0.249 e. The number of nitroso groups, excluding NO2 is 1. The van der Waals surface area contributed by atoms with Crippen molar-refractivity contribution < 1.29 is 4.79 Å². The van der Waals surface area contributed by atoms with Crippen LogP contribution in [0.1, 0.15) is 0 Å². The first kappa shape index (κ1) is 10.2. The van der Waals surface area contributed by atoms with Crippen LogP contribution >= 0.6 is 0 Å². The number of pyridine rings is 1. The number of aromatic nitrogens is 1. The Bertz CT molecular complexity index is 539. The van der Waals surface area contributed by atoms with E-state index in [2.05, 4.69) is 15.5 Å². The Morgan fingerprint density at radius 2 is 2.25 bits per heavy atom. The molecule has 0 atom stereocenters. The Balaban J connectivity index is 2.25. The summed E-state index contributed by atoms with van der Waals surface area (Å²) in [5.41, 5.74) is 1.49. The second-order valence-corrected chi connectivity index (χ2v) is 3.25. The van der Waals surface area contributed by atoms with E-state index in [9.17, 15) is 9.70 Å². The molecule has 0 aliphatic heterocycles. The van der Waals surface area contributed by atoms with E-state index >= 15 is 0 Å². The van der Waals surface area contributed by atoms with E-state index < -0.39 is 5.91 Å². The van der Waals surface area contributed by atoms with Crippen molar-refractivity contribution in [2.75, 3.05) is 11.9 Å². The fraction of sp³-hybridized carbons (Fsp3) is 0.0909. The lowest BCUT2D eigenvalue weighted by molar-refractivity contribution is -0.114. The van der Waals surface area contributed by atoms with Crippen LogP contribution in [0.25, 0.3) is 10.9 Å². The molecular weight excluding hydrogens is 206 g/mol. The number of fused-ring (bicyclic) bond motifs is 1. The average Bonchev–Trinajstić information content (AvgIpc) is 2.29. The summed E-state index contributed by atoms with van der Waals surface area (Å²) in [5, 5.41) is 6.02. The van der Waals surface area contributed by atoms with E-state index in [1.807, 2.05) is 12.1 Å². The van der Waals surface area contributed by atoms with Crippen LogP contribution in [0.4, 0.5) is 5.69 Å². The summed E-state index contributed by atoms with van der Waals surface area (Å²) < 4.78 is 0. The van der Waals surface area contributed by atoms with Crippen molar-refractivity contribution in [3.05, 3.63) is 41.4 Å². The van der Waals surface area contributed by atoms with Gasteiger partial charge in [0.05, 0.1) is 5.52 Å². The lowest BCUT2D eigenvalue weighted by Crippen LogP contribution is -2.14. The molecule has 0 saturated heterocycles. The number of rotatable bonds is 3. The quantitative estimate of drug-likeness (QED) is 0.795. The van der Waals surface area contributed by atoms with Crippen molar-refractivity contribution in [3.8, 4) is 0 Å². The number of amides is 1. The number of carbonyl (C=O) groups is 1. The van der Waals surface area contributed by atoms with Crippen molar-refractivity contribution in [2.24, 2.45) is 5.18 Å². The molecule has 5 heteroatoms. The average molecular weight is 215 g/mol. The van der Waals surface area contributed by atoms with Gasteiger partial charge in [0, 0.05) is 17.3 Å². The summed E-state index contributed by atoms with van der Waals surface area (Å²) in [7, 11) is 0. The number of carbonyl (C=O) groups excluding carboxylic acids is 1. The molecule has 0 saturated carbocycles. The SMILES string of the molecule is O=NCC(=O)Nc1ccc2ncccc2c1. The molecule has 1 aromatic heterocycles. The van der Waals surface area contributed by atoms with Crippen LogP contribution in [0.3, 0.4) is 0 Å². The predicted molar refractivity (Wildman–Crippen MR) is 61.0 cm³/mol. The maximum Gasteiger partial charge on any atom is 0.249 e. The van der Waals surface area contributed by atoms with Gasteiger partial charge in [-0.25, -0.2) is 0 Å². The lowest BCUT2D eigenvalue weighted by Gasteiger charge is -2.03. The summed E-state index contributed by atoms with van der Waals surface area (Å²) >= 11 is 0. The van der Waals surface area contributed by atoms with E-state index in [1.54, 1.807) is 24.4 Å². The molecule has 2 rings (SSSR count). The third kappa shape index (κ3) is 2.20. The Morgan fingerprint density at radius 1 is 1.38 bits per heavy atom. The highest BCUT2D eigenvalue weighted by Gasteiger charge is 2.02. The fourth-order valence-electron chi connectivity index (χ4n) is 1.41. The van der Waals surface area contributed by atoms with Gasteiger partial charge in [0.15, 0.2) is 6.54 Å². The van der Waals surface area contributed by atoms with Gasteiger partial charge in [0.1, 0.15) is 0 Å². The van der Waals surface area contributed by atoms with Gasteiger partial charge in [-0.15, -0.1) is 0 Å². The molecule has 0 fully saturated rings. The Kier molecular flexibility index (Phi) is 2.86. The van der Waals surface area contributed by atoms with Crippen LogP contribution in [-0.4, -0.2) is 17.4 Å². The summed E-state index contributed by atoms with van der Waals surface area (Å²) in [6.07, 6.45) is 1.71. The van der Waals surface area contributed by atoms with E-state index in [4.69, 9.17) is 0 Å². The molecule has 0 bridgehead atoms. The fourth-order valence-corrected chi connectivity index (χ4v) is 1.41. The van der Waals surface area contributed by atoms with Crippen molar-refractivity contribution in [2.45, 2.75) is 0 Å². The van der Waals surface area contributed by atoms with E-state index in [1.165, 1.54) is 0 Å². The molecule has 1 aromatic carbocycles. The van der Waals surface area contributed by atoms with E-state index in [-0.39, 0.29) is 6.54 Å². The van der Waals surface area contributed by atoms with Crippen molar-refractivity contribution >= 4 is 22.5 Å². The molecule has 1 N–H and O–H groups in total. The number of nitrogens with one attached hydrogen (secondary N) is 1. The van der Waals surface area contributed by atoms with Crippen molar-refractivity contribution in [3.63, 3.8) is 0 Å². The Hall–Kier alpha value is -2.30. The van der Waals surface area contributed by atoms with Crippen LogP contribution in [0.15, 0.2) is 41.7 Å². The van der Waals surface area contributed by atoms with Gasteiger partial charge in [-0.2, -0.15) is 4.91 Å². The second kappa shape index (κ2) is 4.48. The molecule has 1 amide bonds. The highest BCUT2D eigenvalue weighted by atomic mass is 16.3. The zero-order chi connectivity index (χ0) is 11.4. The number of anilines is 1. The maximum absolute atomic E-state index is 11.1. The number of hydrogen-bond donors (Lipinski definition) is 1. The third-order valence-corrected chi connectivity index (χ3v) is 2.09. The molecule has 1 heterocycles. The topological polar surface area (TPSA) is 71.4 Å². The first-order chi connectivity index (χ1) is 7.79. The normalized spacial score (nSPS) is 10.0. The zero-order valence-corrected chi connectivity index (χ0v) is 8.38. The number of benzene rings is 1. The minimum absolute atomic E-state index is 0.370. The second-order valence-electron chi connectivity index (χ2n) is 3.25. The molecule has 80 valence electrons. The van der Waals surface area contributed by atoms with Gasteiger partial charge >= 0.3 is 0 Å². The molecule has 5 nitrogen and oxygen atoms in total. The molecule has 16 heavy (non-hydrogen) atoms. The van der Waals surface area contributed by atoms with Crippen LogP contribution < -0.4 is 5.32 Å². The first-order valence-corrected chi connectivity index (χ1v) is 4.73. The summed E-state index contributed by atoms with van der Waals surface area (Å²) in [6, 6.07) is 9.05. The Morgan fingerprint density at radius 3 is 3.06 bits per heavy atom. The van der Waals surface area contributed by atoms with Gasteiger partial charge in [-0.3, -0.25) is 9.78 Å². The highest BCUT2D eigenvalue weighted by Crippen LogP contribution is 2.16. The van der Waals surface area contributed by atoms with E-state index in [0.29, 0.717) is 5.69 Å². The summed E-state index contributed by atoms with van der Waals surface area (Å²) in [6.45, 7) is -0.370. The van der Waals surface area contributed by atoms with Gasteiger partial charge in [-0.1, -0.05) is 11.2 Å². The summed E-state index contributed by atoms with van der Waals surface area (Å²) in [5.74, 6) is -0.418. The van der Waals surface area contributed by atoms with Crippen molar-refractivity contribution in [1.29, 1.82) is 0 Å². The molecular formula is C11H9N3O2. The third-order valence-electron chi connectivity index (χ3n) is 2.09. The van der Waals surface area contributed by atoms with Gasteiger partial charge in [0.2, 0.25) is 5.91 Å². The molecule has 0 aliphatic carbocycles. The molecule has 0 aliphatic rings. The number of hydrogen-bond acceptors (Lipinski definition) is 4. The minimum atomic E-state index is -0.418. The molecule has 0 unspecified atom stereocenters. The largest absolute Gasteiger partial charge is 0.324 e. The van der Waals surface area contributed by atoms with Crippen molar-refractivity contribution in [1.82, 2.24) is 4.98 Å². The number of nitrogens with zero attached hydrogens (tertiary/aromatic N) is 2. The highest BCUT2D eigenvalue weighted by molar-refractivity contribution is 5.94. The Labute approximate surface area is 91.5 Å². The zero-order valence-electron chi connectivity index (χ0n) is 8.38. The van der Waals surface area contributed by atoms with Gasteiger partial charge in [0.25, 0.3) is 0 Å². The molecule has 0 radical (unpaired) electrons. The maximum atomic E-state index is 11.1. The van der Waals surface area contributed by atoms with E-state index in [0.717, 1.165) is 10.9 Å². The van der Waals surface area contributed by atoms with Crippen LogP contribution in [0, 0.1) is 4.91 Å². The van der Waals surface area contributed by atoms with Crippen LogP contribution in [-0.2, 0) is 4.79 Å². The predicted octanol–water partition coefficient (Wildman–Crippen LogP) is 1.94. The molecule has 2 aromatic rings. The van der Waals surface area contributed by atoms with Crippen LogP contribution in [0.2, 0.25) is 0 Å². The summed E-state index contributed by atoms with van der Waals surface area (Å²) in [4.78, 5) is 25.2. The lowest BCUT2D eigenvalue weighted by atomic mass is 10.2. The van der Waals surface area contributed by atoms with Crippen LogP contribution in [0.5, 0.6) is 0 Å².